The Morgan fingerprint density at radius 1 is 1.37 bits per heavy atom. The number of anilines is 1. The molecule has 0 aliphatic rings. The first kappa shape index (κ1) is 12.0. The van der Waals surface area contributed by atoms with Gasteiger partial charge in [0.05, 0.1) is 12.8 Å². The molecular formula is C14H15N3OS. The number of methoxy groups -OCH3 is 1. The maximum Gasteiger partial charge on any atom is 0.183 e. The number of H-pyrrole nitrogens is 1. The van der Waals surface area contributed by atoms with Crippen molar-refractivity contribution in [3.63, 3.8) is 0 Å². The van der Waals surface area contributed by atoms with E-state index >= 15 is 0 Å². The topological polar surface area (TPSA) is 49.9 Å². The van der Waals surface area contributed by atoms with Gasteiger partial charge in [-0.3, -0.25) is 0 Å². The van der Waals surface area contributed by atoms with Gasteiger partial charge in [-0.05, 0) is 25.1 Å². The number of rotatable bonds is 3. The molecule has 2 N–H and O–H groups in total. The fourth-order valence-electron chi connectivity index (χ4n) is 2.18. The quantitative estimate of drug-likeness (QED) is 0.766. The molecule has 0 radical (unpaired) electrons. The number of aryl methyl sites for hydroxylation is 1. The van der Waals surface area contributed by atoms with Crippen LogP contribution in [0.3, 0.4) is 0 Å². The van der Waals surface area contributed by atoms with Crippen LogP contribution in [0.5, 0.6) is 5.75 Å². The van der Waals surface area contributed by atoms with E-state index in [0.29, 0.717) is 0 Å². The van der Waals surface area contributed by atoms with Gasteiger partial charge in [0.15, 0.2) is 5.13 Å². The van der Waals surface area contributed by atoms with Crippen molar-refractivity contribution >= 4 is 27.4 Å². The fraction of sp³-hybridized carbons (Fsp3) is 0.214. The highest BCUT2D eigenvalue weighted by Gasteiger charge is 2.13. The van der Waals surface area contributed by atoms with E-state index in [9.17, 15) is 0 Å². The first-order valence-corrected chi connectivity index (χ1v) is 6.85. The Bertz CT molecular complexity index is 729. The Kier molecular flexibility index (Phi) is 2.91. The second kappa shape index (κ2) is 4.59. The predicted octanol–water partition coefficient (Wildman–Crippen LogP) is 3.65. The summed E-state index contributed by atoms with van der Waals surface area (Å²) < 4.78 is 5.30. The number of nitrogens with one attached hydrogen (secondary N) is 2. The van der Waals surface area contributed by atoms with Gasteiger partial charge in [0.2, 0.25) is 0 Å². The molecular weight excluding hydrogens is 258 g/mol. The number of fused-ring (bicyclic) bond motifs is 1. The summed E-state index contributed by atoms with van der Waals surface area (Å²) in [6, 6.07) is 6.02. The number of thiazole rings is 1. The normalized spacial score (nSPS) is 10.9. The van der Waals surface area contributed by atoms with Gasteiger partial charge >= 0.3 is 0 Å². The summed E-state index contributed by atoms with van der Waals surface area (Å²) in [5.74, 6) is 0.857. The summed E-state index contributed by atoms with van der Waals surface area (Å²) in [6.07, 6.45) is 2.01. The molecule has 0 aliphatic heterocycles. The van der Waals surface area contributed by atoms with Gasteiger partial charge in [0.1, 0.15) is 5.75 Å². The minimum Gasteiger partial charge on any atom is -0.497 e. The Hall–Kier alpha value is -2.01. The van der Waals surface area contributed by atoms with Crippen molar-refractivity contribution in [3.8, 4) is 17.0 Å². The predicted molar refractivity (Wildman–Crippen MR) is 80.2 cm³/mol. The fourth-order valence-corrected chi connectivity index (χ4v) is 2.96. The van der Waals surface area contributed by atoms with Gasteiger partial charge in [-0.25, -0.2) is 4.98 Å². The van der Waals surface area contributed by atoms with Crippen molar-refractivity contribution in [1.82, 2.24) is 9.97 Å². The lowest BCUT2D eigenvalue weighted by molar-refractivity contribution is 0.415. The number of hydrogen-bond donors (Lipinski definition) is 2. The zero-order valence-electron chi connectivity index (χ0n) is 11.1. The molecule has 0 amide bonds. The summed E-state index contributed by atoms with van der Waals surface area (Å²) in [4.78, 5) is 9.11. The Balaban J connectivity index is 2.21. The lowest BCUT2D eigenvalue weighted by Gasteiger charge is -2.01. The average molecular weight is 273 g/mol. The molecule has 0 atom stereocenters. The standard InChI is InChI=1S/C14H15N3OS/c1-8-13(17-14(15-2)19-8)11-7-16-12-5-4-9(18-3)6-10(11)12/h4-7,16H,1-3H3,(H,15,17). The summed E-state index contributed by atoms with van der Waals surface area (Å²) >= 11 is 1.66. The number of nitrogens with zero attached hydrogens (tertiary/aromatic N) is 1. The number of ether oxygens (including phenoxy) is 1. The number of benzene rings is 1. The smallest absolute Gasteiger partial charge is 0.183 e. The molecule has 98 valence electrons. The maximum atomic E-state index is 5.30. The van der Waals surface area contributed by atoms with Crippen LogP contribution in [0.2, 0.25) is 0 Å². The highest BCUT2D eigenvalue weighted by molar-refractivity contribution is 7.16. The van der Waals surface area contributed by atoms with Gasteiger partial charge in [-0.15, -0.1) is 11.3 Å². The van der Waals surface area contributed by atoms with Crippen LogP contribution in [0.15, 0.2) is 24.4 Å². The molecule has 1 aromatic carbocycles. The molecule has 2 heterocycles. The van der Waals surface area contributed by atoms with Crippen LogP contribution < -0.4 is 10.1 Å². The van der Waals surface area contributed by atoms with E-state index in [1.807, 2.05) is 31.4 Å². The van der Waals surface area contributed by atoms with Gasteiger partial charge in [-0.1, -0.05) is 0 Å². The molecule has 0 aliphatic carbocycles. The SMILES string of the molecule is CNc1nc(-c2c[nH]c3ccc(OC)cc23)c(C)s1. The molecule has 5 heteroatoms. The molecule has 0 unspecified atom stereocenters. The summed E-state index contributed by atoms with van der Waals surface area (Å²) in [6.45, 7) is 2.09. The molecule has 0 bridgehead atoms. The maximum absolute atomic E-state index is 5.30. The number of aromatic amines is 1. The zero-order chi connectivity index (χ0) is 13.4. The molecule has 0 spiro atoms. The third-order valence-electron chi connectivity index (χ3n) is 3.15. The van der Waals surface area contributed by atoms with Crippen LogP contribution in [0.1, 0.15) is 4.88 Å². The van der Waals surface area contributed by atoms with E-state index in [4.69, 9.17) is 4.74 Å². The molecule has 2 aromatic heterocycles. The van der Waals surface area contributed by atoms with Gasteiger partial charge in [-0.2, -0.15) is 0 Å². The molecule has 0 saturated heterocycles. The van der Waals surface area contributed by atoms with E-state index in [2.05, 4.69) is 22.2 Å². The van der Waals surface area contributed by atoms with E-state index in [0.717, 1.165) is 33.0 Å². The Morgan fingerprint density at radius 2 is 2.21 bits per heavy atom. The van der Waals surface area contributed by atoms with Crippen LogP contribution in [-0.2, 0) is 0 Å². The molecule has 0 fully saturated rings. The minimum atomic E-state index is 0.857. The van der Waals surface area contributed by atoms with Gasteiger partial charge in [0.25, 0.3) is 0 Å². The van der Waals surface area contributed by atoms with Gasteiger partial charge in [0, 0.05) is 34.6 Å². The molecule has 4 nitrogen and oxygen atoms in total. The van der Waals surface area contributed by atoms with E-state index in [-0.39, 0.29) is 0 Å². The summed E-state index contributed by atoms with van der Waals surface area (Å²) in [5.41, 5.74) is 3.23. The second-order valence-electron chi connectivity index (χ2n) is 4.29. The van der Waals surface area contributed by atoms with E-state index < -0.39 is 0 Å². The molecule has 3 rings (SSSR count). The zero-order valence-corrected chi connectivity index (χ0v) is 11.9. The van der Waals surface area contributed by atoms with Crippen molar-refractivity contribution < 1.29 is 4.74 Å². The van der Waals surface area contributed by atoms with Gasteiger partial charge < -0.3 is 15.0 Å². The van der Waals surface area contributed by atoms with E-state index in [1.165, 1.54) is 4.88 Å². The molecule has 19 heavy (non-hydrogen) atoms. The van der Waals surface area contributed by atoms with Crippen molar-refractivity contribution in [1.29, 1.82) is 0 Å². The molecule has 3 aromatic rings. The molecule has 0 saturated carbocycles. The monoisotopic (exact) mass is 273 g/mol. The van der Waals surface area contributed by atoms with Crippen LogP contribution in [0, 0.1) is 6.92 Å². The largest absolute Gasteiger partial charge is 0.497 e. The van der Waals surface area contributed by atoms with Crippen LogP contribution in [-0.4, -0.2) is 24.1 Å². The second-order valence-corrected chi connectivity index (χ2v) is 5.49. The number of hydrogen-bond acceptors (Lipinski definition) is 4. The highest BCUT2D eigenvalue weighted by atomic mass is 32.1. The van der Waals surface area contributed by atoms with Crippen LogP contribution in [0.25, 0.3) is 22.2 Å². The lowest BCUT2D eigenvalue weighted by Crippen LogP contribution is -1.86. The Labute approximate surface area is 115 Å². The third kappa shape index (κ3) is 1.96. The minimum absolute atomic E-state index is 0.857. The van der Waals surface area contributed by atoms with Crippen LogP contribution >= 0.6 is 11.3 Å². The lowest BCUT2D eigenvalue weighted by atomic mass is 10.1. The van der Waals surface area contributed by atoms with Crippen molar-refractivity contribution in [3.05, 3.63) is 29.3 Å². The van der Waals surface area contributed by atoms with Crippen molar-refractivity contribution in [2.45, 2.75) is 6.92 Å². The van der Waals surface area contributed by atoms with Crippen molar-refractivity contribution in [2.24, 2.45) is 0 Å². The van der Waals surface area contributed by atoms with E-state index in [1.54, 1.807) is 18.4 Å². The van der Waals surface area contributed by atoms with Crippen LogP contribution in [0.4, 0.5) is 5.13 Å². The highest BCUT2D eigenvalue weighted by Crippen LogP contribution is 2.35. The first-order chi connectivity index (χ1) is 9.22. The number of aromatic nitrogens is 2. The summed E-state index contributed by atoms with van der Waals surface area (Å²) in [5, 5.41) is 5.16. The van der Waals surface area contributed by atoms with Crippen molar-refractivity contribution in [2.75, 3.05) is 19.5 Å². The third-order valence-corrected chi connectivity index (χ3v) is 4.14. The average Bonchev–Trinajstić information content (AvgIpc) is 3.00. The first-order valence-electron chi connectivity index (χ1n) is 6.03. The Morgan fingerprint density at radius 3 is 2.89 bits per heavy atom. The summed E-state index contributed by atoms with van der Waals surface area (Å²) in [7, 11) is 3.57.